The first kappa shape index (κ1) is 17.2. The molecule has 0 N–H and O–H groups in total. The summed E-state index contributed by atoms with van der Waals surface area (Å²) in [5, 5.41) is 4.73. The van der Waals surface area contributed by atoms with Crippen molar-refractivity contribution in [3.05, 3.63) is 35.2 Å². The lowest BCUT2D eigenvalue weighted by Gasteiger charge is -2.32. The molecule has 132 valence electrons. The Bertz CT molecular complexity index is 669. The van der Waals surface area contributed by atoms with Gasteiger partial charge in [-0.2, -0.15) is 5.10 Å². The molecular weight excluding hydrogens is 298 g/mol. The molecule has 5 heteroatoms. The van der Waals surface area contributed by atoms with Crippen LogP contribution in [0.3, 0.4) is 0 Å². The topological polar surface area (TPSA) is 38.9 Å². The smallest absolute Gasteiger partial charge is 0.108 e. The van der Waals surface area contributed by atoms with Gasteiger partial charge in [-0.25, -0.2) is 4.98 Å². The Morgan fingerprint density at radius 3 is 2.83 bits per heavy atom. The fourth-order valence-electron chi connectivity index (χ4n) is 3.93. The molecule has 24 heavy (non-hydrogen) atoms. The van der Waals surface area contributed by atoms with E-state index in [1.807, 2.05) is 12.4 Å². The first-order valence-corrected chi connectivity index (χ1v) is 9.30. The van der Waals surface area contributed by atoms with Gasteiger partial charge >= 0.3 is 0 Å². The van der Waals surface area contributed by atoms with E-state index in [1.165, 1.54) is 48.7 Å². The molecule has 1 aliphatic heterocycles. The van der Waals surface area contributed by atoms with Crippen molar-refractivity contribution in [2.24, 2.45) is 13.0 Å². The first-order chi connectivity index (χ1) is 11.6. The van der Waals surface area contributed by atoms with Gasteiger partial charge in [-0.1, -0.05) is 6.92 Å². The van der Waals surface area contributed by atoms with Crippen LogP contribution in [0.1, 0.15) is 49.0 Å². The molecular formula is C19H31N5. The van der Waals surface area contributed by atoms with Gasteiger partial charge in [-0.05, 0) is 45.6 Å². The Morgan fingerprint density at radius 1 is 1.29 bits per heavy atom. The van der Waals surface area contributed by atoms with Crippen LogP contribution in [0.4, 0.5) is 0 Å². The van der Waals surface area contributed by atoms with Crippen molar-refractivity contribution in [2.75, 3.05) is 13.1 Å². The highest BCUT2D eigenvalue weighted by Crippen LogP contribution is 2.23. The van der Waals surface area contributed by atoms with Gasteiger partial charge in [-0.3, -0.25) is 9.58 Å². The quantitative estimate of drug-likeness (QED) is 0.817. The summed E-state index contributed by atoms with van der Waals surface area (Å²) in [6.07, 6.45) is 8.78. The number of aryl methyl sites for hydroxylation is 3. The molecule has 5 nitrogen and oxygen atoms in total. The second kappa shape index (κ2) is 7.51. The molecule has 0 saturated carbocycles. The van der Waals surface area contributed by atoms with Crippen LogP contribution in [0, 0.1) is 19.8 Å². The molecule has 1 aliphatic rings. The summed E-state index contributed by atoms with van der Waals surface area (Å²) in [4.78, 5) is 7.12. The molecule has 0 bridgehead atoms. The average molecular weight is 329 g/mol. The first-order valence-electron chi connectivity index (χ1n) is 9.30. The molecule has 1 fully saturated rings. The summed E-state index contributed by atoms with van der Waals surface area (Å²) in [5.74, 6) is 1.93. The number of rotatable bonds is 6. The number of hydrogen-bond acceptors (Lipinski definition) is 3. The van der Waals surface area contributed by atoms with E-state index in [0.717, 1.165) is 25.9 Å². The third kappa shape index (κ3) is 3.72. The molecule has 2 aromatic heterocycles. The molecule has 0 spiro atoms. The molecule has 2 aromatic rings. The largest absolute Gasteiger partial charge is 0.338 e. The third-order valence-electron chi connectivity index (χ3n) is 5.34. The van der Waals surface area contributed by atoms with E-state index >= 15 is 0 Å². The molecule has 0 amide bonds. The van der Waals surface area contributed by atoms with E-state index in [1.54, 1.807) is 0 Å². The Hall–Kier alpha value is -1.62. The summed E-state index contributed by atoms with van der Waals surface area (Å²) >= 11 is 0. The van der Waals surface area contributed by atoms with Crippen molar-refractivity contribution in [1.29, 1.82) is 0 Å². The number of hydrogen-bond donors (Lipinski definition) is 0. The van der Waals surface area contributed by atoms with Gasteiger partial charge < -0.3 is 4.57 Å². The van der Waals surface area contributed by atoms with Crippen molar-refractivity contribution >= 4 is 0 Å². The maximum atomic E-state index is 4.73. The van der Waals surface area contributed by atoms with Gasteiger partial charge in [0, 0.05) is 56.8 Å². The molecule has 1 saturated heterocycles. The van der Waals surface area contributed by atoms with E-state index in [4.69, 9.17) is 5.10 Å². The highest BCUT2D eigenvalue weighted by molar-refractivity contribution is 5.24. The molecule has 0 aromatic carbocycles. The lowest BCUT2D eigenvalue weighted by molar-refractivity contribution is 0.165. The van der Waals surface area contributed by atoms with Gasteiger partial charge in [0.1, 0.15) is 5.82 Å². The zero-order valence-corrected chi connectivity index (χ0v) is 15.6. The lowest BCUT2D eigenvalue weighted by Crippen LogP contribution is -2.36. The molecule has 0 aliphatic carbocycles. The van der Waals surface area contributed by atoms with Gasteiger partial charge in [0.2, 0.25) is 0 Å². The summed E-state index contributed by atoms with van der Waals surface area (Å²) in [6.45, 7) is 11.0. The fraction of sp³-hybridized carbons (Fsp3) is 0.684. The Labute approximate surface area is 145 Å². The number of imidazole rings is 1. The van der Waals surface area contributed by atoms with Gasteiger partial charge in [0.05, 0.1) is 5.69 Å². The third-order valence-corrected chi connectivity index (χ3v) is 5.34. The number of nitrogens with zero attached hydrogens (tertiary/aromatic N) is 5. The summed E-state index contributed by atoms with van der Waals surface area (Å²) in [6, 6.07) is 0. The molecule has 0 radical (unpaired) electrons. The number of piperidine rings is 1. The van der Waals surface area contributed by atoms with Gasteiger partial charge in [-0.15, -0.1) is 0 Å². The maximum Gasteiger partial charge on any atom is 0.108 e. The highest BCUT2D eigenvalue weighted by atomic mass is 15.3. The standard InChI is InChI=1S/C19H31N5/c1-5-9-24-16(3)18(15(2)21-24)14-23-10-6-7-17(13-23)12-19-20-8-11-22(19)4/h8,11,17H,5-7,9-10,12-14H2,1-4H3/t17-/m1/s1. The second-order valence-electron chi connectivity index (χ2n) is 7.27. The molecule has 0 unspecified atom stereocenters. The van der Waals surface area contributed by atoms with Crippen LogP contribution in [-0.2, 0) is 26.6 Å². The van der Waals surface area contributed by atoms with Crippen LogP contribution < -0.4 is 0 Å². The van der Waals surface area contributed by atoms with E-state index in [9.17, 15) is 0 Å². The summed E-state index contributed by atoms with van der Waals surface area (Å²) in [7, 11) is 2.10. The van der Waals surface area contributed by atoms with Crippen LogP contribution in [0.15, 0.2) is 12.4 Å². The highest BCUT2D eigenvalue weighted by Gasteiger charge is 2.23. The zero-order chi connectivity index (χ0) is 17.1. The Kier molecular flexibility index (Phi) is 5.39. The van der Waals surface area contributed by atoms with E-state index in [2.05, 4.69) is 47.0 Å². The van der Waals surface area contributed by atoms with Crippen LogP contribution in [0.2, 0.25) is 0 Å². The second-order valence-corrected chi connectivity index (χ2v) is 7.27. The van der Waals surface area contributed by atoms with Crippen molar-refractivity contribution in [3.8, 4) is 0 Å². The molecule has 3 rings (SSSR count). The monoisotopic (exact) mass is 329 g/mol. The van der Waals surface area contributed by atoms with Crippen LogP contribution >= 0.6 is 0 Å². The number of aromatic nitrogens is 4. The predicted molar refractivity (Wildman–Crippen MR) is 96.9 cm³/mol. The minimum Gasteiger partial charge on any atom is -0.338 e. The summed E-state index contributed by atoms with van der Waals surface area (Å²) < 4.78 is 4.34. The predicted octanol–water partition coefficient (Wildman–Crippen LogP) is 3.10. The van der Waals surface area contributed by atoms with Crippen molar-refractivity contribution < 1.29 is 0 Å². The Balaban J connectivity index is 1.64. The minimum atomic E-state index is 0.714. The Morgan fingerprint density at radius 2 is 2.12 bits per heavy atom. The van der Waals surface area contributed by atoms with Crippen LogP contribution in [0.25, 0.3) is 0 Å². The molecule has 1 atom stereocenters. The van der Waals surface area contributed by atoms with E-state index < -0.39 is 0 Å². The molecule has 3 heterocycles. The fourth-order valence-corrected chi connectivity index (χ4v) is 3.93. The van der Waals surface area contributed by atoms with Crippen molar-refractivity contribution in [2.45, 2.75) is 59.5 Å². The normalized spacial score (nSPS) is 19.1. The number of likely N-dealkylation sites (tertiary alicyclic amines) is 1. The lowest BCUT2D eigenvalue weighted by atomic mass is 9.94. The van der Waals surface area contributed by atoms with E-state index in [-0.39, 0.29) is 0 Å². The van der Waals surface area contributed by atoms with Gasteiger partial charge in [0.25, 0.3) is 0 Å². The van der Waals surface area contributed by atoms with Gasteiger partial charge in [0.15, 0.2) is 0 Å². The SMILES string of the molecule is CCCn1nc(C)c(CN2CCC[C@H](Cc3nccn3C)C2)c1C. The van der Waals surface area contributed by atoms with Crippen molar-refractivity contribution in [3.63, 3.8) is 0 Å². The summed E-state index contributed by atoms with van der Waals surface area (Å²) in [5.41, 5.74) is 3.98. The van der Waals surface area contributed by atoms with E-state index in [0.29, 0.717) is 5.92 Å². The maximum absolute atomic E-state index is 4.73. The zero-order valence-electron chi connectivity index (χ0n) is 15.6. The average Bonchev–Trinajstić information content (AvgIpc) is 3.07. The minimum absolute atomic E-state index is 0.714. The van der Waals surface area contributed by atoms with Crippen molar-refractivity contribution in [1.82, 2.24) is 24.2 Å². The van der Waals surface area contributed by atoms with Crippen LogP contribution in [0.5, 0.6) is 0 Å². The van der Waals surface area contributed by atoms with Crippen LogP contribution in [-0.4, -0.2) is 37.3 Å².